The van der Waals surface area contributed by atoms with Crippen LogP contribution in [0.2, 0.25) is 0 Å². The second-order valence-electron chi connectivity index (χ2n) is 9.07. The number of pyridine rings is 1. The van der Waals surface area contributed by atoms with Gasteiger partial charge in [0.05, 0.1) is 0 Å². The molecule has 0 spiro atoms. The number of aryl methyl sites for hydroxylation is 2. The fraction of sp³-hybridized carbons (Fsp3) is 0.423. The van der Waals surface area contributed by atoms with Gasteiger partial charge in [0.15, 0.2) is 0 Å². The molecule has 4 rings (SSSR count). The van der Waals surface area contributed by atoms with Crippen LogP contribution in [0.5, 0.6) is 0 Å². The van der Waals surface area contributed by atoms with Crippen molar-refractivity contribution < 1.29 is 9.59 Å². The average Bonchev–Trinajstić information content (AvgIpc) is 3.37. The summed E-state index contributed by atoms with van der Waals surface area (Å²) < 4.78 is 0. The number of benzene rings is 1. The van der Waals surface area contributed by atoms with Crippen LogP contribution in [0, 0.1) is 19.8 Å². The number of fused-ring (bicyclic) bond motifs is 1. The van der Waals surface area contributed by atoms with Crippen LogP contribution in [0.3, 0.4) is 0 Å². The van der Waals surface area contributed by atoms with Gasteiger partial charge in [0.2, 0.25) is 5.91 Å². The van der Waals surface area contributed by atoms with Crippen molar-refractivity contribution in [3.8, 4) is 0 Å². The minimum Gasteiger partial charge on any atom is -0.348 e. The molecule has 6 heteroatoms. The average molecular weight is 434 g/mol. The van der Waals surface area contributed by atoms with Crippen LogP contribution >= 0.6 is 0 Å². The number of allylic oxidation sites excluding steroid dienone is 1. The molecule has 32 heavy (non-hydrogen) atoms. The molecule has 0 radical (unpaired) electrons. The van der Waals surface area contributed by atoms with Gasteiger partial charge in [-0.25, -0.2) is 0 Å². The van der Waals surface area contributed by atoms with Crippen molar-refractivity contribution in [3.63, 3.8) is 0 Å². The molecule has 2 atom stereocenters. The van der Waals surface area contributed by atoms with E-state index in [-0.39, 0.29) is 35.8 Å². The number of rotatable bonds is 5. The Kier molecular flexibility index (Phi) is 6.04. The van der Waals surface area contributed by atoms with E-state index in [1.54, 1.807) is 0 Å². The second kappa shape index (κ2) is 8.77. The number of aromatic nitrogens is 1. The van der Waals surface area contributed by atoms with Crippen molar-refractivity contribution in [1.29, 1.82) is 0 Å². The number of carbonyl (C=O) groups excluding carboxylic acids is 2. The summed E-state index contributed by atoms with van der Waals surface area (Å²) in [7, 11) is 0. The van der Waals surface area contributed by atoms with Crippen molar-refractivity contribution in [2.45, 2.75) is 53.0 Å². The normalized spacial score (nSPS) is 18.6. The summed E-state index contributed by atoms with van der Waals surface area (Å²) in [5.41, 5.74) is 5.47. The fourth-order valence-corrected chi connectivity index (χ4v) is 5.27. The van der Waals surface area contributed by atoms with Crippen LogP contribution < -0.4 is 10.9 Å². The first-order valence-corrected chi connectivity index (χ1v) is 11.4. The summed E-state index contributed by atoms with van der Waals surface area (Å²) in [6.07, 6.45) is 2.11. The standard InChI is InChI=1S/C26H31N3O3/c1-15-13-16(2)28-24(30)21(15)14-27-25(31)23-17(3)22(19-9-5-6-10-20(19)23)18(4)26(32)29-11-7-8-12-29/h5-6,9-10,13,18,22H,7-8,11-12,14H2,1-4H3,(H,27,31)(H,28,30). The Morgan fingerprint density at radius 3 is 2.53 bits per heavy atom. The lowest BCUT2D eigenvalue weighted by Crippen LogP contribution is -2.35. The van der Waals surface area contributed by atoms with Gasteiger partial charge in [0.25, 0.3) is 11.5 Å². The summed E-state index contributed by atoms with van der Waals surface area (Å²) in [5, 5.41) is 2.94. The first-order chi connectivity index (χ1) is 15.3. The lowest BCUT2D eigenvalue weighted by Gasteiger charge is -2.26. The van der Waals surface area contributed by atoms with Gasteiger partial charge in [0, 0.05) is 48.3 Å². The number of amides is 2. The SMILES string of the molecule is CC1=C(C(=O)NCc2c(C)cc(C)[nH]c2=O)c2ccccc2C1C(C)C(=O)N1CCCC1. The van der Waals surface area contributed by atoms with E-state index in [1.807, 2.05) is 62.9 Å². The number of H-pyrrole nitrogens is 1. The molecule has 2 aliphatic rings. The first-order valence-electron chi connectivity index (χ1n) is 11.4. The lowest BCUT2D eigenvalue weighted by molar-refractivity contribution is -0.134. The van der Waals surface area contributed by atoms with Gasteiger partial charge in [-0.3, -0.25) is 14.4 Å². The molecule has 2 heterocycles. The number of hydrogen-bond donors (Lipinski definition) is 2. The Bertz CT molecular complexity index is 1160. The zero-order valence-electron chi connectivity index (χ0n) is 19.2. The predicted octanol–water partition coefficient (Wildman–Crippen LogP) is 3.44. The predicted molar refractivity (Wildman–Crippen MR) is 125 cm³/mol. The fourth-order valence-electron chi connectivity index (χ4n) is 5.27. The van der Waals surface area contributed by atoms with E-state index in [1.165, 1.54) is 0 Å². The smallest absolute Gasteiger partial charge is 0.253 e. The highest BCUT2D eigenvalue weighted by atomic mass is 16.2. The Morgan fingerprint density at radius 1 is 1.16 bits per heavy atom. The molecule has 2 unspecified atom stereocenters. The number of aromatic amines is 1. The summed E-state index contributed by atoms with van der Waals surface area (Å²) in [4.78, 5) is 43.5. The van der Waals surface area contributed by atoms with Crippen LogP contribution in [0.4, 0.5) is 0 Å². The van der Waals surface area contributed by atoms with Gasteiger partial charge in [-0.2, -0.15) is 0 Å². The molecule has 1 aliphatic heterocycles. The molecule has 6 nitrogen and oxygen atoms in total. The van der Waals surface area contributed by atoms with E-state index in [0.29, 0.717) is 11.1 Å². The van der Waals surface area contributed by atoms with Gasteiger partial charge < -0.3 is 15.2 Å². The number of hydrogen-bond acceptors (Lipinski definition) is 3. The third kappa shape index (κ3) is 3.90. The Morgan fingerprint density at radius 2 is 1.84 bits per heavy atom. The molecule has 2 aromatic rings. The highest BCUT2D eigenvalue weighted by molar-refractivity contribution is 6.22. The third-order valence-electron chi connectivity index (χ3n) is 6.88. The molecule has 2 N–H and O–H groups in total. The van der Waals surface area contributed by atoms with E-state index in [0.717, 1.165) is 53.9 Å². The summed E-state index contributed by atoms with van der Waals surface area (Å²) >= 11 is 0. The monoisotopic (exact) mass is 433 g/mol. The van der Waals surface area contributed by atoms with E-state index < -0.39 is 0 Å². The maximum absolute atomic E-state index is 13.3. The van der Waals surface area contributed by atoms with E-state index >= 15 is 0 Å². The van der Waals surface area contributed by atoms with Gasteiger partial charge in [-0.05, 0) is 56.4 Å². The summed E-state index contributed by atoms with van der Waals surface area (Å²) in [6, 6.07) is 9.75. The maximum Gasteiger partial charge on any atom is 0.253 e. The first kappa shape index (κ1) is 22.1. The largest absolute Gasteiger partial charge is 0.348 e. The van der Waals surface area contributed by atoms with E-state index in [2.05, 4.69) is 10.3 Å². The zero-order chi connectivity index (χ0) is 23.0. The third-order valence-corrected chi connectivity index (χ3v) is 6.88. The summed E-state index contributed by atoms with van der Waals surface area (Å²) in [6.45, 7) is 9.44. The molecule has 1 aromatic heterocycles. The highest BCUT2D eigenvalue weighted by Gasteiger charge is 2.39. The van der Waals surface area contributed by atoms with E-state index in [4.69, 9.17) is 0 Å². The van der Waals surface area contributed by atoms with Crippen LogP contribution in [-0.2, 0) is 16.1 Å². The minimum atomic E-state index is -0.235. The number of nitrogens with zero attached hydrogens (tertiary/aromatic N) is 1. The van der Waals surface area contributed by atoms with Crippen LogP contribution in [-0.4, -0.2) is 34.8 Å². The van der Waals surface area contributed by atoms with Crippen molar-refractivity contribution in [2.75, 3.05) is 13.1 Å². The maximum atomic E-state index is 13.3. The molecular weight excluding hydrogens is 402 g/mol. The topological polar surface area (TPSA) is 82.3 Å². The highest BCUT2D eigenvalue weighted by Crippen LogP contribution is 2.46. The van der Waals surface area contributed by atoms with Gasteiger partial charge >= 0.3 is 0 Å². The molecule has 0 bridgehead atoms. The molecule has 2 amide bonds. The van der Waals surface area contributed by atoms with Gasteiger partial charge in [-0.15, -0.1) is 0 Å². The number of nitrogens with one attached hydrogen (secondary N) is 2. The van der Waals surface area contributed by atoms with Crippen LogP contribution in [0.25, 0.3) is 5.57 Å². The summed E-state index contributed by atoms with van der Waals surface area (Å²) in [5.74, 6) is -0.408. The molecular formula is C26H31N3O3. The minimum absolute atomic E-state index is 0.121. The number of carbonyl (C=O) groups is 2. The lowest BCUT2D eigenvalue weighted by atomic mass is 9.84. The van der Waals surface area contributed by atoms with Crippen LogP contribution in [0.1, 0.15) is 60.6 Å². The molecule has 1 aromatic carbocycles. The zero-order valence-corrected chi connectivity index (χ0v) is 19.2. The Labute approximate surface area is 188 Å². The molecule has 1 aliphatic carbocycles. The van der Waals surface area contributed by atoms with E-state index in [9.17, 15) is 14.4 Å². The molecule has 1 saturated heterocycles. The molecule has 0 saturated carbocycles. The van der Waals surface area contributed by atoms with Gasteiger partial charge in [0.1, 0.15) is 0 Å². The van der Waals surface area contributed by atoms with Crippen molar-refractivity contribution >= 4 is 17.4 Å². The number of likely N-dealkylation sites (tertiary alicyclic amines) is 1. The molecule has 168 valence electrons. The van der Waals surface area contributed by atoms with Crippen molar-refractivity contribution in [1.82, 2.24) is 15.2 Å². The molecule has 1 fully saturated rings. The van der Waals surface area contributed by atoms with Crippen molar-refractivity contribution in [3.05, 3.63) is 74.2 Å². The Balaban J connectivity index is 1.61. The van der Waals surface area contributed by atoms with Crippen molar-refractivity contribution in [2.24, 2.45) is 5.92 Å². The van der Waals surface area contributed by atoms with Crippen LogP contribution in [0.15, 0.2) is 40.7 Å². The van der Waals surface area contributed by atoms with Gasteiger partial charge in [-0.1, -0.05) is 36.8 Å². The Hall–Kier alpha value is -3.15. The quantitative estimate of drug-likeness (QED) is 0.758. The second-order valence-corrected chi connectivity index (χ2v) is 9.07.